The van der Waals surface area contributed by atoms with E-state index in [2.05, 4.69) is 35.8 Å². The minimum absolute atomic E-state index is 0.00793. The molecule has 1 aromatic carbocycles. The Morgan fingerprint density at radius 2 is 1.72 bits per heavy atom. The smallest absolute Gasteiger partial charge is 0.276 e. The normalized spacial score (nSPS) is 19.2. The number of amides is 4. The van der Waals surface area contributed by atoms with Gasteiger partial charge in [-0.2, -0.15) is 8.78 Å². The maximum atomic E-state index is 15.5. The average molecular weight is 648 g/mol. The molecule has 1 unspecified atom stereocenters. The van der Waals surface area contributed by atoms with Crippen LogP contribution in [0, 0.1) is 18.7 Å². The number of aryl methyl sites for hydroxylation is 1. The zero-order chi connectivity index (χ0) is 33.5. The van der Waals surface area contributed by atoms with Crippen molar-refractivity contribution in [2.75, 3.05) is 38.5 Å². The minimum Gasteiger partial charge on any atom is -0.344 e. The van der Waals surface area contributed by atoms with Crippen molar-refractivity contribution >= 4 is 29.3 Å². The van der Waals surface area contributed by atoms with Gasteiger partial charge in [0.25, 0.3) is 12.0 Å². The molecular formula is C31H40F3N7O5. The predicted molar refractivity (Wildman–Crippen MR) is 161 cm³/mol. The van der Waals surface area contributed by atoms with Crippen LogP contribution in [-0.2, 0) is 14.4 Å². The Morgan fingerprint density at radius 3 is 2.28 bits per heavy atom. The Balaban J connectivity index is 1.52. The molecule has 1 aliphatic carbocycles. The standard InChI is InChI=1S/C31H40F3N7O5/c1-5-24(42)36-25(31(45)41-14-12-40(4)13-15-41)17(2)21-10-11-23(22(32)16-21)35-30(44)27(19-6-8-20(9-7-19)28(33)34)37-29(43)26-18(3)38-46-39-26/h10-11,16-17,19,25,27H,5-9,12-15H2,1-4H3,(H,35,44)(H,36,42)(H,37,43)/t17-,25+,27?/m0/s1. The molecule has 4 rings (SSSR count). The van der Waals surface area contributed by atoms with E-state index >= 15 is 4.39 Å². The molecule has 2 aliphatic rings. The lowest BCUT2D eigenvalue weighted by molar-refractivity contribution is -0.138. The summed E-state index contributed by atoms with van der Waals surface area (Å²) >= 11 is 0. The molecule has 1 aromatic heterocycles. The van der Waals surface area contributed by atoms with E-state index in [4.69, 9.17) is 0 Å². The molecule has 1 saturated heterocycles. The van der Waals surface area contributed by atoms with Gasteiger partial charge in [0.15, 0.2) is 5.69 Å². The maximum Gasteiger partial charge on any atom is 0.276 e. The first-order valence-electron chi connectivity index (χ1n) is 15.4. The summed E-state index contributed by atoms with van der Waals surface area (Å²) < 4.78 is 46.5. The number of anilines is 1. The van der Waals surface area contributed by atoms with E-state index in [0.29, 0.717) is 31.7 Å². The van der Waals surface area contributed by atoms with E-state index in [-0.39, 0.29) is 66.6 Å². The number of hydrogen-bond donors (Lipinski definition) is 3. The van der Waals surface area contributed by atoms with Crippen LogP contribution in [0.15, 0.2) is 34.5 Å². The summed E-state index contributed by atoms with van der Waals surface area (Å²) in [6, 6.07) is 1.99. The fourth-order valence-electron chi connectivity index (χ4n) is 5.77. The Morgan fingerprint density at radius 1 is 1.04 bits per heavy atom. The average Bonchev–Trinajstić information content (AvgIpc) is 3.48. The lowest BCUT2D eigenvalue weighted by Gasteiger charge is -2.36. The highest BCUT2D eigenvalue weighted by atomic mass is 19.3. The van der Waals surface area contributed by atoms with Crippen molar-refractivity contribution in [3.05, 3.63) is 52.6 Å². The molecule has 4 amide bonds. The summed E-state index contributed by atoms with van der Waals surface area (Å²) in [4.78, 5) is 56.1. The van der Waals surface area contributed by atoms with Gasteiger partial charge in [0.1, 0.15) is 23.6 Å². The van der Waals surface area contributed by atoms with Crippen LogP contribution in [0.25, 0.3) is 0 Å². The lowest BCUT2D eigenvalue weighted by Crippen LogP contribution is -2.55. The summed E-state index contributed by atoms with van der Waals surface area (Å²) in [5.74, 6) is -3.96. The van der Waals surface area contributed by atoms with Crippen LogP contribution in [0.5, 0.6) is 0 Å². The number of carbonyl (C=O) groups is 4. The van der Waals surface area contributed by atoms with Gasteiger partial charge in [0, 0.05) is 38.5 Å². The molecule has 3 N–H and O–H groups in total. The molecule has 2 heterocycles. The second kappa shape index (κ2) is 15.3. The first kappa shape index (κ1) is 34.6. The molecule has 15 heteroatoms. The molecular weight excluding hydrogens is 607 g/mol. The highest BCUT2D eigenvalue weighted by Crippen LogP contribution is 2.34. The van der Waals surface area contributed by atoms with Crippen molar-refractivity contribution in [3.8, 4) is 0 Å². The van der Waals surface area contributed by atoms with Gasteiger partial charge in [-0.05, 0) is 74.0 Å². The molecule has 46 heavy (non-hydrogen) atoms. The molecule has 0 radical (unpaired) electrons. The monoisotopic (exact) mass is 647 g/mol. The van der Waals surface area contributed by atoms with Crippen LogP contribution < -0.4 is 16.0 Å². The third-order valence-corrected chi connectivity index (χ3v) is 8.80. The van der Waals surface area contributed by atoms with E-state index in [0.717, 1.165) is 0 Å². The van der Waals surface area contributed by atoms with Gasteiger partial charge in [-0.3, -0.25) is 19.2 Å². The van der Waals surface area contributed by atoms with Crippen molar-refractivity contribution < 1.29 is 37.0 Å². The fraction of sp³-hybridized carbons (Fsp3) is 0.548. The van der Waals surface area contributed by atoms with Gasteiger partial charge in [-0.15, -0.1) is 0 Å². The number of benzene rings is 1. The molecule has 0 bridgehead atoms. The number of piperazine rings is 1. The van der Waals surface area contributed by atoms with Crippen LogP contribution in [0.2, 0.25) is 0 Å². The number of allylic oxidation sites excluding steroid dienone is 1. The Kier molecular flexibility index (Phi) is 11.5. The fourth-order valence-corrected chi connectivity index (χ4v) is 5.77. The molecule has 1 aliphatic heterocycles. The maximum absolute atomic E-state index is 15.5. The van der Waals surface area contributed by atoms with Crippen LogP contribution in [-0.4, -0.2) is 89.1 Å². The van der Waals surface area contributed by atoms with Crippen molar-refractivity contribution in [3.63, 3.8) is 0 Å². The number of nitrogens with zero attached hydrogens (tertiary/aromatic N) is 4. The number of carbonyl (C=O) groups excluding carboxylic acids is 4. The van der Waals surface area contributed by atoms with Gasteiger partial charge in [-0.25, -0.2) is 9.02 Å². The number of aromatic nitrogens is 2. The van der Waals surface area contributed by atoms with Crippen LogP contribution in [0.1, 0.15) is 73.6 Å². The molecule has 12 nitrogen and oxygen atoms in total. The minimum atomic E-state index is -1.74. The Bertz CT molecular complexity index is 1460. The van der Waals surface area contributed by atoms with E-state index in [1.807, 2.05) is 7.05 Å². The second-order valence-corrected chi connectivity index (χ2v) is 11.9. The molecule has 1 saturated carbocycles. The zero-order valence-electron chi connectivity index (χ0n) is 26.4. The van der Waals surface area contributed by atoms with Crippen molar-refractivity contribution in [2.24, 2.45) is 5.92 Å². The number of hydrogen-bond acceptors (Lipinski definition) is 8. The van der Waals surface area contributed by atoms with Gasteiger partial charge in [0.05, 0.1) is 5.69 Å². The summed E-state index contributed by atoms with van der Waals surface area (Å²) in [7, 11) is 1.96. The highest BCUT2D eigenvalue weighted by molar-refractivity contribution is 6.01. The van der Waals surface area contributed by atoms with Gasteiger partial charge in [0.2, 0.25) is 17.7 Å². The largest absolute Gasteiger partial charge is 0.344 e. The topological polar surface area (TPSA) is 150 Å². The summed E-state index contributed by atoms with van der Waals surface area (Å²) in [5, 5.41) is 15.1. The lowest BCUT2D eigenvalue weighted by atomic mass is 9.81. The van der Waals surface area contributed by atoms with Crippen LogP contribution >= 0.6 is 0 Å². The zero-order valence-corrected chi connectivity index (χ0v) is 26.4. The molecule has 2 aromatic rings. The Labute approximate surface area is 265 Å². The number of halogens is 3. The first-order chi connectivity index (χ1) is 21.9. The van der Waals surface area contributed by atoms with Gasteiger partial charge >= 0.3 is 0 Å². The van der Waals surface area contributed by atoms with Crippen molar-refractivity contribution in [1.29, 1.82) is 0 Å². The predicted octanol–water partition coefficient (Wildman–Crippen LogP) is 3.37. The highest BCUT2D eigenvalue weighted by Gasteiger charge is 2.36. The third kappa shape index (κ3) is 8.30. The van der Waals surface area contributed by atoms with E-state index < -0.39 is 47.6 Å². The second-order valence-electron chi connectivity index (χ2n) is 11.9. The number of likely N-dealkylation sites (N-methyl/N-ethyl adjacent to an activating group) is 1. The van der Waals surface area contributed by atoms with Crippen LogP contribution in [0.3, 0.4) is 0 Å². The summed E-state index contributed by atoms with van der Waals surface area (Å²) in [6.07, 6.45) is -1.06. The van der Waals surface area contributed by atoms with E-state index in [9.17, 15) is 28.0 Å². The summed E-state index contributed by atoms with van der Waals surface area (Å²) in [6.45, 7) is 7.30. The van der Waals surface area contributed by atoms with Crippen molar-refractivity contribution in [1.82, 2.24) is 30.7 Å². The van der Waals surface area contributed by atoms with Crippen LogP contribution in [0.4, 0.5) is 18.9 Å². The number of nitrogens with one attached hydrogen (secondary N) is 3. The third-order valence-electron chi connectivity index (χ3n) is 8.80. The Hall–Kier alpha value is -4.27. The first-order valence-corrected chi connectivity index (χ1v) is 15.4. The molecule has 0 spiro atoms. The summed E-state index contributed by atoms with van der Waals surface area (Å²) in [5.41, 5.74) is 0.321. The molecule has 250 valence electrons. The molecule has 3 atom stereocenters. The quantitative estimate of drug-likeness (QED) is 0.356. The number of rotatable bonds is 10. The van der Waals surface area contributed by atoms with Crippen molar-refractivity contribution in [2.45, 2.75) is 70.9 Å². The SMILES string of the molecule is CCC(=O)N[C@@H](C(=O)N1CCN(C)CC1)[C@@H](C)c1ccc(NC(=O)C(NC(=O)c2nonc2C)C2CCC(=C(F)F)CC2)c(F)c1. The molecule has 2 fully saturated rings. The van der Waals surface area contributed by atoms with E-state index in [1.54, 1.807) is 24.8 Å². The van der Waals surface area contributed by atoms with Gasteiger partial charge in [-0.1, -0.05) is 25.1 Å². The van der Waals surface area contributed by atoms with Gasteiger partial charge < -0.3 is 25.8 Å². The van der Waals surface area contributed by atoms with E-state index in [1.165, 1.54) is 19.1 Å².